The summed E-state index contributed by atoms with van der Waals surface area (Å²) in [5, 5.41) is 9.14. The molecule has 2 aliphatic rings. The number of carbonyl (C=O) groups is 3. The number of rotatable bonds is 3. The van der Waals surface area contributed by atoms with E-state index in [-0.39, 0.29) is 29.9 Å². The summed E-state index contributed by atoms with van der Waals surface area (Å²) in [5.74, 6) is -1.90. The summed E-state index contributed by atoms with van der Waals surface area (Å²) in [5.41, 5.74) is 1.11. The summed E-state index contributed by atoms with van der Waals surface area (Å²) in [6.45, 7) is -0.0991. The molecule has 0 saturated heterocycles. The molecule has 0 radical (unpaired) electrons. The molecule has 7 heteroatoms. The average molecular weight is 323 g/mol. The fourth-order valence-electron chi connectivity index (χ4n) is 2.85. The smallest absolute Gasteiger partial charge is 0.335 e. The Bertz CT molecular complexity index is 657. The Labute approximate surface area is 132 Å². The number of fused-ring (bicyclic) bond motifs is 1. The second-order valence-corrected chi connectivity index (χ2v) is 5.74. The maximum atomic E-state index is 12.4. The molecule has 6 nitrogen and oxygen atoms in total. The number of aromatic carboxylic acids is 1. The number of carboxylic acid groups (broad SMARTS) is 1. The number of carbonyl (C=O) groups excluding carboxylic acids is 2. The minimum absolute atomic E-state index is 0.0778. The van der Waals surface area contributed by atoms with Gasteiger partial charge in [0, 0.05) is 6.04 Å². The predicted octanol–water partition coefficient (Wildman–Crippen LogP) is 1.86. The quantitative estimate of drug-likeness (QED) is 0.862. The summed E-state index contributed by atoms with van der Waals surface area (Å²) in [7, 11) is 0. The lowest BCUT2D eigenvalue weighted by Gasteiger charge is -2.43. The molecule has 1 fully saturated rings. The number of alkyl halides is 1. The van der Waals surface area contributed by atoms with Crippen molar-refractivity contribution >= 4 is 40.8 Å². The summed E-state index contributed by atoms with van der Waals surface area (Å²) < 4.78 is 0. The number of anilines is 2. The van der Waals surface area contributed by atoms with Gasteiger partial charge in [-0.25, -0.2) is 4.79 Å². The SMILES string of the molecule is O=C(O)c1ccc2c(c1)N(C(=O)CCl)CC(=O)N2C1CCC1. The van der Waals surface area contributed by atoms with Crippen LogP contribution in [0.4, 0.5) is 11.4 Å². The van der Waals surface area contributed by atoms with Crippen molar-refractivity contribution in [1.82, 2.24) is 0 Å². The first kappa shape index (κ1) is 14.8. The van der Waals surface area contributed by atoms with Gasteiger partial charge in [-0.05, 0) is 37.5 Å². The molecule has 1 aromatic carbocycles. The third kappa shape index (κ3) is 2.33. The number of carboxylic acids is 1. The molecule has 0 unspecified atom stereocenters. The Kier molecular flexibility index (Phi) is 3.78. The fraction of sp³-hybridized carbons (Fsp3) is 0.400. The molecule has 2 amide bonds. The van der Waals surface area contributed by atoms with Crippen molar-refractivity contribution in [3.05, 3.63) is 23.8 Å². The lowest BCUT2D eigenvalue weighted by molar-refractivity contribution is -0.122. The van der Waals surface area contributed by atoms with Gasteiger partial charge in [0.25, 0.3) is 0 Å². The van der Waals surface area contributed by atoms with Gasteiger partial charge >= 0.3 is 5.97 Å². The first-order valence-corrected chi connectivity index (χ1v) is 7.62. The summed E-state index contributed by atoms with van der Waals surface area (Å²) >= 11 is 5.61. The molecule has 1 heterocycles. The lowest BCUT2D eigenvalue weighted by Crippen LogP contribution is -2.54. The molecule has 22 heavy (non-hydrogen) atoms. The number of halogens is 1. The van der Waals surface area contributed by atoms with Crippen LogP contribution in [0, 0.1) is 0 Å². The van der Waals surface area contributed by atoms with Gasteiger partial charge in [0.05, 0.1) is 16.9 Å². The van der Waals surface area contributed by atoms with Gasteiger partial charge < -0.3 is 10.0 Å². The zero-order chi connectivity index (χ0) is 15.9. The third-order valence-corrected chi connectivity index (χ3v) is 4.42. The van der Waals surface area contributed by atoms with E-state index in [1.54, 1.807) is 11.0 Å². The Balaban J connectivity index is 2.09. The zero-order valence-corrected chi connectivity index (χ0v) is 12.5. The highest BCUT2D eigenvalue weighted by atomic mass is 35.5. The van der Waals surface area contributed by atoms with Gasteiger partial charge in [-0.2, -0.15) is 0 Å². The van der Waals surface area contributed by atoms with Crippen molar-refractivity contribution in [3.63, 3.8) is 0 Å². The van der Waals surface area contributed by atoms with E-state index in [1.165, 1.54) is 17.0 Å². The van der Waals surface area contributed by atoms with Gasteiger partial charge in [0.15, 0.2) is 0 Å². The molecule has 0 bridgehead atoms. The van der Waals surface area contributed by atoms with Crippen molar-refractivity contribution in [2.75, 3.05) is 22.2 Å². The molecule has 3 rings (SSSR count). The van der Waals surface area contributed by atoms with Crippen molar-refractivity contribution in [3.8, 4) is 0 Å². The zero-order valence-electron chi connectivity index (χ0n) is 11.8. The topological polar surface area (TPSA) is 77.9 Å². The molecular weight excluding hydrogens is 308 g/mol. The summed E-state index contributed by atoms with van der Waals surface area (Å²) in [6.07, 6.45) is 2.92. The molecule has 1 aromatic rings. The second-order valence-electron chi connectivity index (χ2n) is 5.47. The first-order chi connectivity index (χ1) is 10.5. The molecule has 0 atom stereocenters. The van der Waals surface area contributed by atoms with Crippen LogP contribution in [-0.2, 0) is 9.59 Å². The number of hydrogen-bond donors (Lipinski definition) is 1. The maximum absolute atomic E-state index is 12.4. The molecule has 1 aliphatic carbocycles. The van der Waals surface area contributed by atoms with Gasteiger partial charge in [0.2, 0.25) is 11.8 Å². The normalized spacial score (nSPS) is 18.0. The number of hydrogen-bond acceptors (Lipinski definition) is 3. The van der Waals surface area contributed by atoms with Crippen LogP contribution in [0.15, 0.2) is 18.2 Å². The van der Waals surface area contributed by atoms with Gasteiger partial charge in [-0.1, -0.05) is 0 Å². The van der Waals surface area contributed by atoms with Crippen LogP contribution in [-0.4, -0.2) is 41.4 Å². The van der Waals surface area contributed by atoms with Crippen LogP contribution in [0.1, 0.15) is 29.6 Å². The van der Waals surface area contributed by atoms with Crippen molar-refractivity contribution in [2.45, 2.75) is 25.3 Å². The number of nitrogens with zero attached hydrogens (tertiary/aromatic N) is 2. The largest absolute Gasteiger partial charge is 0.478 e. The Hall–Kier alpha value is -2.08. The van der Waals surface area contributed by atoms with Crippen LogP contribution in [0.3, 0.4) is 0 Å². The third-order valence-electron chi connectivity index (χ3n) is 4.19. The first-order valence-electron chi connectivity index (χ1n) is 7.08. The van der Waals surface area contributed by atoms with Crippen LogP contribution in [0.25, 0.3) is 0 Å². The van der Waals surface area contributed by atoms with E-state index < -0.39 is 11.9 Å². The van der Waals surface area contributed by atoms with E-state index in [2.05, 4.69) is 0 Å². The fourth-order valence-corrected chi connectivity index (χ4v) is 2.99. The molecule has 116 valence electrons. The van der Waals surface area contributed by atoms with Gasteiger partial charge in [-0.3, -0.25) is 14.5 Å². The van der Waals surface area contributed by atoms with Crippen molar-refractivity contribution in [2.24, 2.45) is 0 Å². The number of benzene rings is 1. The van der Waals surface area contributed by atoms with Crippen LogP contribution in [0.2, 0.25) is 0 Å². The van der Waals surface area contributed by atoms with E-state index in [9.17, 15) is 14.4 Å². The highest BCUT2D eigenvalue weighted by Crippen LogP contribution is 2.39. The minimum atomic E-state index is -1.08. The highest BCUT2D eigenvalue weighted by Gasteiger charge is 2.38. The number of amides is 2. The molecule has 1 saturated carbocycles. The second kappa shape index (κ2) is 5.61. The monoisotopic (exact) mass is 322 g/mol. The Morgan fingerprint density at radius 3 is 2.55 bits per heavy atom. The lowest BCUT2D eigenvalue weighted by atomic mass is 9.90. The van der Waals surface area contributed by atoms with E-state index in [0.717, 1.165) is 19.3 Å². The standard InChI is InChI=1S/C15H15ClN2O4/c16-7-13(19)17-8-14(20)18(10-2-1-3-10)11-5-4-9(15(21)22)6-12(11)17/h4-6,10H,1-3,7-8H2,(H,21,22). The van der Waals surface area contributed by atoms with E-state index in [4.69, 9.17) is 16.7 Å². The highest BCUT2D eigenvalue weighted by molar-refractivity contribution is 6.30. The maximum Gasteiger partial charge on any atom is 0.335 e. The van der Waals surface area contributed by atoms with Gasteiger partial charge in [0.1, 0.15) is 12.4 Å². The molecule has 1 N–H and O–H groups in total. The predicted molar refractivity (Wildman–Crippen MR) is 81.6 cm³/mol. The van der Waals surface area contributed by atoms with Crippen LogP contribution in [0.5, 0.6) is 0 Å². The minimum Gasteiger partial charge on any atom is -0.478 e. The van der Waals surface area contributed by atoms with E-state index in [0.29, 0.717) is 11.4 Å². The van der Waals surface area contributed by atoms with Crippen LogP contribution < -0.4 is 9.80 Å². The summed E-state index contributed by atoms with van der Waals surface area (Å²) in [4.78, 5) is 38.5. The molecular formula is C15H15ClN2O4. The molecule has 0 aromatic heterocycles. The van der Waals surface area contributed by atoms with Gasteiger partial charge in [-0.15, -0.1) is 11.6 Å². The molecule has 1 aliphatic heterocycles. The van der Waals surface area contributed by atoms with E-state index >= 15 is 0 Å². The average Bonchev–Trinajstić information content (AvgIpc) is 2.46. The Morgan fingerprint density at radius 1 is 1.27 bits per heavy atom. The van der Waals surface area contributed by atoms with E-state index in [1.807, 2.05) is 0 Å². The molecule has 0 spiro atoms. The van der Waals surface area contributed by atoms with Crippen molar-refractivity contribution in [1.29, 1.82) is 0 Å². The Morgan fingerprint density at radius 2 is 2.00 bits per heavy atom. The van der Waals surface area contributed by atoms with Crippen LogP contribution >= 0.6 is 11.6 Å². The van der Waals surface area contributed by atoms with Crippen molar-refractivity contribution < 1.29 is 19.5 Å². The summed E-state index contributed by atoms with van der Waals surface area (Å²) in [6, 6.07) is 4.62.